The van der Waals surface area contributed by atoms with Gasteiger partial charge in [-0.05, 0) is 17.7 Å². The number of imidazole rings is 1. The average molecular weight is 240 g/mol. The monoisotopic (exact) mass is 240 g/mol. The second-order valence-electron chi connectivity index (χ2n) is 4.20. The van der Waals surface area contributed by atoms with Crippen molar-refractivity contribution in [1.82, 2.24) is 9.97 Å². The van der Waals surface area contributed by atoms with Gasteiger partial charge in [0.15, 0.2) is 0 Å². The Morgan fingerprint density at radius 2 is 1.78 bits per heavy atom. The van der Waals surface area contributed by atoms with E-state index in [1.165, 1.54) is 0 Å². The van der Waals surface area contributed by atoms with Gasteiger partial charge in [-0.1, -0.05) is 36.4 Å². The maximum Gasteiger partial charge on any atom is 0.138 e. The molecule has 90 valence electrons. The fourth-order valence-electron chi connectivity index (χ4n) is 2.15. The molecule has 0 amide bonds. The summed E-state index contributed by atoms with van der Waals surface area (Å²) in [5.74, 6) is 0.806. The van der Waals surface area contributed by atoms with Crippen LogP contribution in [0, 0.1) is 0 Å². The second-order valence-corrected chi connectivity index (χ2v) is 4.20. The minimum Gasteiger partial charge on any atom is -0.338 e. The van der Waals surface area contributed by atoms with Crippen LogP contribution in [0.15, 0.2) is 48.5 Å². The molecule has 18 heavy (non-hydrogen) atoms. The lowest BCUT2D eigenvalue weighted by atomic mass is 10.0. The number of fused-ring (bicyclic) bond motifs is 1. The van der Waals surface area contributed by atoms with Gasteiger partial charge in [0, 0.05) is 12.0 Å². The maximum atomic E-state index is 12.5. The van der Waals surface area contributed by atoms with Crippen LogP contribution in [-0.2, 0) is 6.42 Å². The van der Waals surface area contributed by atoms with Gasteiger partial charge in [0.25, 0.3) is 0 Å². The zero-order valence-corrected chi connectivity index (χ0v) is 9.86. The van der Waals surface area contributed by atoms with E-state index in [1.807, 2.05) is 48.5 Å². The minimum atomic E-state index is -0.350. The van der Waals surface area contributed by atoms with Crippen molar-refractivity contribution in [2.75, 3.05) is 6.67 Å². The number of aromatic nitrogens is 2. The SMILES string of the molecule is FCCc1ccccc1-c1nc2ccccc2[nH]1. The number of halogens is 1. The van der Waals surface area contributed by atoms with Crippen molar-refractivity contribution < 1.29 is 4.39 Å². The number of benzene rings is 2. The van der Waals surface area contributed by atoms with Gasteiger partial charge in [-0.15, -0.1) is 0 Å². The van der Waals surface area contributed by atoms with Crippen LogP contribution in [0.1, 0.15) is 5.56 Å². The van der Waals surface area contributed by atoms with Crippen molar-refractivity contribution in [3.63, 3.8) is 0 Å². The van der Waals surface area contributed by atoms with Crippen LogP contribution in [0.4, 0.5) is 4.39 Å². The normalized spacial score (nSPS) is 10.9. The molecule has 0 atom stereocenters. The Bertz CT molecular complexity index is 640. The summed E-state index contributed by atoms with van der Waals surface area (Å²) in [6.07, 6.45) is 0.424. The highest BCUT2D eigenvalue weighted by Gasteiger charge is 2.08. The molecular formula is C15H13FN2. The molecule has 0 saturated carbocycles. The number of H-pyrrole nitrogens is 1. The lowest BCUT2D eigenvalue weighted by Crippen LogP contribution is -1.92. The molecule has 0 bridgehead atoms. The molecule has 1 aromatic heterocycles. The number of hydrogen-bond donors (Lipinski definition) is 1. The summed E-state index contributed by atoms with van der Waals surface area (Å²) >= 11 is 0. The number of nitrogens with one attached hydrogen (secondary N) is 1. The second kappa shape index (κ2) is 4.61. The van der Waals surface area contributed by atoms with E-state index < -0.39 is 0 Å². The third-order valence-corrected chi connectivity index (χ3v) is 3.03. The molecule has 2 aromatic carbocycles. The van der Waals surface area contributed by atoms with E-state index in [4.69, 9.17) is 0 Å². The van der Waals surface area contributed by atoms with Crippen LogP contribution in [0.5, 0.6) is 0 Å². The number of hydrogen-bond acceptors (Lipinski definition) is 1. The van der Waals surface area contributed by atoms with Crippen molar-refractivity contribution in [1.29, 1.82) is 0 Å². The maximum absolute atomic E-state index is 12.5. The van der Waals surface area contributed by atoms with Crippen LogP contribution >= 0.6 is 0 Å². The highest BCUT2D eigenvalue weighted by atomic mass is 19.1. The van der Waals surface area contributed by atoms with E-state index in [0.717, 1.165) is 28.0 Å². The van der Waals surface area contributed by atoms with E-state index in [1.54, 1.807) is 0 Å². The van der Waals surface area contributed by atoms with Gasteiger partial charge in [-0.3, -0.25) is 4.39 Å². The predicted octanol–water partition coefficient (Wildman–Crippen LogP) is 3.74. The number of rotatable bonds is 3. The Balaban J connectivity index is 2.13. The van der Waals surface area contributed by atoms with Crippen molar-refractivity contribution in [3.05, 3.63) is 54.1 Å². The van der Waals surface area contributed by atoms with E-state index in [-0.39, 0.29) is 6.67 Å². The van der Waals surface area contributed by atoms with Gasteiger partial charge in [-0.2, -0.15) is 0 Å². The van der Waals surface area contributed by atoms with Gasteiger partial charge >= 0.3 is 0 Å². The van der Waals surface area contributed by atoms with Gasteiger partial charge in [0.2, 0.25) is 0 Å². The first-order valence-electron chi connectivity index (χ1n) is 5.97. The van der Waals surface area contributed by atoms with Gasteiger partial charge in [0.1, 0.15) is 5.82 Å². The van der Waals surface area contributed by atoms with Crippen LogP contribution < -0.4 is 0 Å². The quantitative estimate of drug-likeness (QED) is 0.742. The summed E-state index contributed by atoms with van der Waals surface area (Å²) in [7, 11) is 0. The van der Waals surface area contributed by atoms with E-state index in [2.05, 4.69) is 9.97 Å². The summed E-state index contributed by atoms with van der Waals surface area (Å²) in [5, 5.41) is 0. The molecular weight excluding hydrogens is 227 g/mol. The molecule has 0 unspecified atom stereocenters. The topological polar surface area (TPSA) is 28.7 Å². The van der Waals surface area contributed by atoms with E-state index in [9.17, 15) is 4.39 Å². The first kappa shape index (κ1) is 11.0. The zero-order valence-electron chi connectivity index (χ0n) is 9.86. The minimum absolute atomic E-state index is 0.350. The molecule has 0 aliphatic heterocycles. The summed E-state index contributed by atoms with van der Waals surface area (Å²) in [4.78, 5) is 7.82. The molecule has 3 aromatic rings. The average Bonchev–Trinajstić information content (AvgIpc) is 2.83. The molecule has 3 rings (SSSR count). The van der Waals surface area contributed by atoms with Crippen molar-refractivity contribution in [2.24, 2.45) is 0 Å². The standard InChI is InChI=1S/C15H13FN2/c16-10-9-11-5-1-2-6-12(11)15-17-13-7-3-4-8-14(13)18-15/h1-8H,9-10H2,(H,17,18). The van der Waals surface area contributed by atoms with Crippen LogP contribution in [0.2, 0.25) is 0 Å². The largest absolute Gasteiger partial charge is 0.338 e. The molecule has 0 spiro atoms. The van der Waals surface area contributed by atoms with Crippen LogP contribution in [0.3, 0.4) is 0 Å². The molecule has 0 aliphatic carbocycles. The first-order chi connectivity index (χ1) is 8.88. The van der Waals surface area contributed by atoms with Gasteiger partial charge < -0.3 is 4.98 Å². The lowest BCUT2D eigenvalue weighted by Gasteiger charge is -2.04. The van der Waals surface area contributed by atoms with Crippen molar-refractivity contribution in [2.45, 2.75) is 6.42 Å². The predicted molar refractivity (Wildman–Crippen MR) is 71.2 cm³/mol. The fraction of sp³-hybridized carbons (Fsp3) is 0.133. The summed E-state index contributed by atoms with van der Waals surface area (Å²) in [6.45, 7) is -0.350. The Labute approximate surface area is 104 Å². The zero-order chi connectivity index (χ0) is 12.4. The highest BCUT2D eigenvalue weighted by Crippen LogP contribution is 2.24. The number of nitrogens with zero attached hydrogens (tertiary/aromatic N) is 1. The molecule has 0 aliphatic rings. The van der Waals surface area contributed by atoms with Crippen LogP contribution in [0.25, 0.3) is 22.4 Å². The number of para-hydroxylation sites is 2. The first-order valence-corrected chi connectivity index (χ1v) is 5.97. The molecule has 1 N–H and O–H groups in total. The molecule has 2 nitrogen and oxygen atoms in total. The fourth-order valence-corrected chi connectivity index (χ4v) is 2.15. The van der Waals surface area contributed by atoms with E-state index >= 15 is 0 Å². The molecule has 1 heterocycles. The number of alkyl halides is 1. The number of aromatic amines is 1. The molecule has 0 radical (unpaired) electrons. The summed E-state index contributed by atoms with van der Waals surface area (Å²) in [5.41, 5.74) is 3.90. The Morgan fingerprint density at radius 1 is 1.00 bits per heavy atom. The van der Waals surface area contributed by atoms with E-state index in [0.29, 0.717) is 6.42 Å². The number of aryl methyl sites for hydroxylation is 1. The van der Waals surface area contributed by atoms with Crippen molar-refractivity contribution >= 4 is 11.0 Å². The molecule has 0 saturated heterocycles. The highest BCUT2D eigenvalue weighted by molar-refractivity contribution is 5.79. The Hall–Kier alpha value is -2.16. The molecule has 0 fully saturated rings. The summed E-state index contributed by atoms with van der Waals surface area (Å²) in [6, 6.07) is 15.7. The van der Waals surface area contributed by atoms with Crippen LogP contribution in [-0.4, -0.2) is 16.6 Å². The lowest BCUT2D eigenvalue weighted by molar-refractivity contribution is 0.495. The van der Waals surface area contributed by atoms with Gasteiger partial charge in [-0.25, -0.2) is 4.98 Å². The molecule has 3 heteroatoms. The summed E-state index contributed by atoms with van der Waals surface area (Å²) < 4.78 is 12.5. The third-order valence-electron chi connectivity index (χ3n) is 3.03. The third kappa shape index (κ3) is 1.88. The van der Waals surface area contributed by atoms with Gasteiger partial charge in [0.05, 0.1) is 17.7 Å². The van der Waals surface area contributed by atoms with Crippen molar-refractivity contribution in [3.8, 4) is 11.4 Å². The Kier molecular flexibility index (Phi) is 2.81. The Morgan fingerprint density at radius 3 is 2.61 bits per heavy atom. The smallest absolute Gasteiger partial charge is 0.138 e.